The van der Waals surface area contributed by atoms with E-state index < -0.39 is 12.1 Å². The van der Waals surface area contributed by atoms with Gasteiger partial charge in [-0.1, -0.05) is 5.16 Å². The van der Waals surface area contributed by atoms with Crippen LogP contribution in [-0.2, 0) is 14.4 Å². The van der Waals surface area contributed by atoms with Gasteiger partial charge in [-0.15, -0.1) is 0 Å². The Labute approximate surface area is 83.7 Å². The lowest BCUT2D eigenvalue weighted by molar-refractivity contribution is -0.135. The number of hydrogen-bond acceptors (Lipinski definition) is 5. The molecule has 1 atom stereocenters. The van der Waals surface area contributed by atoms with Gasteiger partial charge in [-0.05, 0) is 27.7 Å². The number of esters is 1. The van der Waals surface area contributed by atoms with Gasteiger partial charge in [-0.25, -0.2) is 4.79 Å². The molecule has 0 amide bonds. The summed E-state index contributed by atoms with van der Waals surface area (Å²) in [4.78, 5) is 16.1. The van der Waals surface area contributed by atoms with Crippen molar-refractivity contribution >= 4 is 11.7 Å². The fourth-order valence-corrected chi connectivity index (χ4v) is 0.651. The molecular weight excluding hydrogens is 186 g/mol. The van der Waals surface area contributed by atoms with E-state index in [0.29, 0.717) is 0 Å². The molecule has 0 aliphatic rings. The smallest absolute Gasteiger partial charge is 0.358 e. The quantitative estimate of drug-likeness (QED) is 0.406. The van der Waals surface area contributed by atoms with E-state index in [4.69, 9.17) is 4.84 Å². The van der Waals surface area contributed by atoms with Gasteiger partial charge < -0.3 is 14.7 Å². The third kappa shape index (κ3) is 4.81. The van der Waals surface area contributed by atoms with E-state index >= 15 is 0 Å². The van der Waals surface area contributed by atoms with E-state index in [1.165, 1.54) is 6.92 Å². The Morgan fingerprint density at radius 2 is 2.00 bits per heavy atom. The van der Waals surface area contributed by atoms with Gasteiger partial charge in [-0.2, -0.15) is 0 Å². The number of carbonyl (C=O) groups is 1. The number of hydrogen-bond donors (Lipinski definition) is 1. The Kier molecular flexibility index (Phi) is 5.87. The molecule has 5 heteroatoms. The van der Waals surface area contributed by atoms with Gasteiger partial charge in [0.15, 0.2) is 5.71 Å². The van der Waals surface area contributed by atoms with Crippen LogP contribution in [0.5, 0.6) is 0 Å². The average Bonchev–Trinajstić information content (AvgIpc) is 2.03. The molecule has 0 bridgehead atoms. The minimum atomic E-state index is -0.993. The van der Waals surface area contributed by atoms with E-state index in [9.17, 15) is 9.90 Å². The molecule has 0 aromatic rings. The highest BCUT2D eigenvalue weighted by Gasteiger charge is 2.19. The molecule has 0 fully saturated rings. The molecule has 0 rings (SSSR count). The third-order valence-electron chi connectivity index (χ3n) is 1.24. The Morgan fingerprint density at radius 1 is 1.43 bits per heavy atom. The summed E-state index contributed by atoms with van der Waals surface area (Å²) in [6.07, 6.45) is -1.13. The zero-order valence-corrected chi connectivity index (χ0v) is 8.98. The minimum Gasteiger partial charge on any atom is -0.461 e. The van der Waals surface area contributed by atoms with Crippen LogP contribution in [0.2, 0.25) is 0 Å². The summed E-state index contributed by atoms with van der Waals surface area (Å²) in [5.74, 6) is -0.650. The van der Waals surface area contributed by atoms with Crippen LogP contribution in [0.4, 0.5) is 0 Å². The van der Waals surface area contributed by atoms with Crippen LogP contribution >= 0.6 is 0 Å². The maximum Gasteiger partial charge on any atom is 0.358 e. The van der Waals surface area contributed by atoms with Crippen molar-refractivity contribution in [3.63, 3.8) is 0 Å². The van der Waals surface area contributed by atoms with Crippen molar-refractivity contribution in [1.29, 1.82) is 0 Å². The van der Waals surface area contributed by atoms with Crippen LogP contribution in [0, 0.1) is 0 Å². The number of carbonyl (C=O) groups excluding carboxylic acids is 1. The van der Waals surface area contributed by atoms with Gasteiger partial charge in [0.05, 0.1) is 6.61 Å². The van der Waals surface area contributed by atoms with Crippen molar-refractivity contribution in [3.05, 3.63) is 0 Å². The van der Waals surface area contributed by atoms with E-state index in [0.717, 1.165) is 0 Å². The number of ether oxygens (including phenoxy) is 1. The summed E-state index contributed by atoms with van der Waals surface area (Å²) >= 11 is 0. The summed E-state index contributed by atoms with van der Waals surface area (Å²) in [7, 11) is 0. The first-order chi connectivity index (χ1) is 6.49. The zero-order chi connectivity index (χ0) is 11.1. The lowest BCUT2D eigenvalue weighted by Crippen LogP contribution is -2.28. The number of rotatable bonds is 5. The van der Waals surface area contributed by atoms with Crippen LogP contribution in [0.3, 0.4) is 0 Å². The molecule has 82 valence electrons. The van der Waals surface area contributed by atoms with Crippen LogP contribution in [0.25, 0.3) is 0 Å². The zero-order valence-electron chi connectivity index (χ0n) is 8.98. The molecule has 5 nitrogen and oxygen atoms in total. The van der Waals surface area contributed by atoms with Crippen molar-refractivity contribution in [1.82, 2.24) is 0 Å². The van der Waals surface area contributed by atoms with Gasteiger partial charge in [0.25, 0.3) is 0 Å². The van der Waals surface area contributed by atoms with Crippen molar-refractivity contribution in [2.75, 3.05) is 6.61 Å². The van der Waals surface area contributed by atoms with Crippen LogP contribution in [0.1, 0.15) is 27.7 Å². The molecule has 0 aliphatic heterocycles. The molecule has 0 aliphatic carbocycles. The lowest BCUT2D eigenvalue weighted by atomic mass is 10.2. The molecule has 0 aromatic heterocycles. The van der Waals surface area contributed by atoms with Crippen LogP contribution in [0.15, 0.2) is 5.16 Å². The first kappa shape index (κ1) is 12.9. The molecule has 0 saturated heterocycles. The number of nitrogens with zero attached hydrogens (tertiary/aromatic N) is 1. The average molecular weight is 203 g/mol. The molecule has 14 heavy (non-hydrogen) atoms. The number of oxime groups is 1. The summed E-state index contributed by atoms with van der Waals surface area (Å²) in [6, 6.07) is 0. The third-order valence-corrected chi connectivity index (χ3v) is 1.24. The molecule has 1 N–H and O–H groups in total. The van der Waals surface area contributed by atoms with Crippen LogP contribution in [-0.4, -0.2) is 35.6 Å². The van der Waals surface area contributed by atoms with Gasteiger partial charge in [0.1, 0.15) is 12.2 Å². The first-order valence-corrected chi connectivity index (χ1v) is 4.57. The van der Waals surface area contributed by atoms with E-state index in [1.807, 2.05) is 0 Å². The molecule has 0 spiro atoms. The van der Waals surface area contributed by atoms with Crippen molar-refractivity contribution in [2.45, 2.75) is 39.9 Å². The Bertz CT molecular complexity index is 211. The van der Waals surface area contributed by atoms with Gasteiger partial charge >= 0.3 is 5.97 Å². The number of aliphatic hydroxyl groups is 1. The second-order valence-electron chi connectivity index (χ2n) is 3.03. The minimum absolute atomic E-state index is 0.111. The molecule has 0 heterocycles. The van der Waals surface area contributed by atoms with Crippen molar-refractivity contribution in [3.8, 4) is 0 Å². The summed E-state index contributed by atoms with van der Waals surface area (Å²) < 4.78 is 4.69. The van der Waals surface area contributed by atoms with E-state index in [-0.39, 0.29) is 18.4 Å². The van der Waals surface area contributed by atoms with Gasteiger partial charge in [0.2, 0.25) is 0 Å². The standard InChI is InChI=1S/C9H17NO4/c1-5-13-9(12)8(7(4)11)10-14-6(2)3/h6-7,11H,5H2,1-4H3/b10-8+. The lowest BCUT2D eigenvalue weighted by Gasteiger charge is -2.09. The Balaban J connectivity index is 4.42. The highest BCUT2D eigenvalue weighted by atomic mass is 16.6. The molecule has 0 radical (unpaired) electrons. The van der Waals surface area contributed by atoms with Crippen LogP contribution < -0.4 is 0 Å². The maximum atomic E-state index is 11.2. The maximum absolute atomic E-state index is 11.2. The predicted molar refractivity (Wildman–Crippen MR) is 52.0 cm³/mol. The SMILES string of the molecule is CCOC(=O)/C(=N/OC(C)C)C(C)O. The normalized spacial score (nSPS) is 14.0. The van der Waals surface area contributed by atoms with Crippen molar-refractivity contribution < 1.29 is 19.5 Å². The largest absolute Gasteiger partial charge is 0.461 e. The molecular formula is C9H17NO4. The summed E-state index contributed by atoms with van der Waals surface area (Å²) in [6.45, 7) is 6.90. The van der Waals surface area contributed by atoms with Gasteiger partial charge in [-0.3, -0.25) is 0 Å². The van der Waals surface area contributed by atoms with E-state index in [2.05, 4.69) is 9.89 Å². The molecule has 1 unspecified atom stereocenters. The predicted octanol–water partition coefficient (Wildman–Crippen LogP) is 0.711. The molecule has 0 aromatic carbocycles. The first-order valence-electron chi connectivity index (χ1n) is 4.57. The Hall–Kier alpha value is -1.10. The number of aliphatic hydroxyl groups excluding tert-OH is 1. The summed E-state index contributed by atoms with van der Waals surface area (Å²) in [5.41, 5.74) is -0.111. The van der Waals surface area contributed by atoms with Crippen molar-refractivity contribution in [2.24, 2.45) is 5.16 Å². The highest BCUT2D eigenvalue weighted by molar-refractivity contribution is 6.37. The fraction of sp³-hybridized carbons (Fsp3) is 0.778. The van der Waals surface area contributed by atoms with Gasteiger partial charge in [0, 0.05) is 0 Å². The second-order valence-corrected chi connectivity index (χ2v) is 3.03. The van der Waals surface area contributed by atoms with E-state index in [1.54, 1.807) is 20.8 Å². The molecule has 0 saturated carbocycles. The summed E-state index contributed by atoms with van der Waals surface area (Å²) in [5, 5.41) is 12.7. The fourth-order valence-electron chi connectivity index (χ4n) is 0.651. The Morgan fingerprint density at radius 3 is 2.36 bits per heavy atom. The highest BCUT2D eigenvalue weighted by Crippen LogP contribution is 1.96. The topological polar surface area (TPSA) is 68.1 Å². The monoisotopic (exact) mass is 203 g/mol. The second kappa shape index (κ2) is 6.37.